The number of amides is 3. The summed E-state index contributed by atoms with van der Waals surface area (Å²) in [4.78, 5) is 26.4. The Balaban J connectivity index is 1.62. The molecule has 0 unspecified atom stereocenters. The van der Waals surface area contributed by atoms with E-state index in [2.05, 4.69) is 10.6 Å². The highest BCUT2D eigenvalue weighted by Crippen LogP contribution is 2.21. The quantitative estimate of drug-likeness (QED) is 0.701. The highest BCUT2D eigenvalue weighted by Gasteiger charge is 2.19. The Bertz CT molecular complexity index is 889. The van der Waals surface area contributed by atoms with E-state index in [-0.39, 0.29) is 25.0 Å². The monoisotopic (exact) mass is 406 g/mol. The molecule has 0 heterocycles. The topological polar surface area (TPSA) is 94.5 Å². The zero-order valence-electron chi connectivity index (χ0n) is 16.8. The number of benzene rings is 2. The smallest absolute Gasteiger partial charge is 0.410 e. The van der Waals surface area contributed by atoms with Gasteiger partial charge in [-0.05, 0) is 37.1 Å². The Kier molecular flexibility index (Phi) is 7.67. The van der Waals surface area contributed by atoms with Crippen LogP contribution in [0.15, 0.2) is 54.6 Å². The van der Waals surface area contributed by atoms with Crippen LogP contribution in [0.3, 0.4) is 0 Å². The third-order valence-corrected chi connectivity index (χ3v) is 4.97. The average Bonchev–Trinajstić information content (AvgIpc) is 2.75. The van der Waals surface area contributed by atoms with E-state index in [1.807, 2.05) is 24.3 Å². The number of para-hydroxylation sites is 1. The van der Waals surface area contributed by atoms with Crippen LogP contribution >= 0.6 is 0 Å². The standard InChI is InChI=1S/C23H26N4O3/c24-15-8-16-27(20-12-5-2-6-13-20)23(29)30-21-14-7-11-19(17-21)26-22(28)25-18-9-3-1-4-10-18/h2,5-7,11-14,17-18H,1,3-4,8-10,16H2,(H2,25,26,28). The number of nitrogens with one attached hydrogen (secondary N) is 2. The van der Waals surface area contributed by atoms with E-state index in [4.69, 9.17) is 10.00 Å². The first kappa shape index (κ1) is 21.2. The molecule has 0 aliphatic heterocycles. The summed E-state index contributed by atoms with van der Waals surface area (Å²) in [5.74, 6) is 0.313. The van der Waals surface area contributed by atoms with Gasteiger partial charge in [0.05, 0.1) is 12.5 Å². The van der Waals surface area contributed by atoms with Crippen LogP contribution in [0, 0.1) is 11.3 Å². The molecule has 0 bridgehead atoms. The molecule has 0 radical (unpaired) electrons. The van der Waals surface area contributed by atoms with Gasteiger partial charge in [-0.1, -0.05) is 43.5 Å². The summed E-state index contributed by atoms with van der Waals surface area (Å²) in [5, 5.41) is 14.7. The maximum atomic E-state index is 12.7. The van der Waals surface area contributed by atoms with Crippen molar-refractivity contribution in [1.82, 2.24) is 5.32 Å². The number of carbonyl (C=O) groups excluding carboxylic acids is 2. The zero-order chi connectivity index (χ0) is 21.2. The average molecular weight is 406 g/mol. The number of carbonyl (C=O) groups is 2. The number of hydrogen-bond donors (Lipinski definition) is 2. The lowest BCUT2D eigenvalue weighted by Gasteiger charge is -2.23. The van der Waals surface area contributed by atoms with Gasteiger partial charge in [0, 0.05) is 30.0 Å². The van der Waals surface area contributed by atoms with Gasteiger partial charge in [-0.3, -0.25) is 4.90 Å². The second-order valence-electron chi connectivity index (χ2n) is 7.22. The molecule has 3 amide bonds. The maximum Gasteiger partial charge on any atom is 0.419 e. The molecule has 1 fully saturated rings. The molecule has 1 aliphatic rings. The molecule has 2 N–H and O–H groups in total. The number of nitrogens with zero attached hydrogens (tertiary/aromatic N) is 2. The predicted molar refractivity (Wildman–Crippen MR) is 116 cm³/mol. The third-order valence-electron chi connectivity index (χ3n) is 4.97. The molecule has 0 spiro atoms. The van der Waals surface area contributed by atoms with Gasteiger partial charge >= 0.3 is 12.1 Å². The van der Waals surface area contributed by atoms with Crippen molar-refractivity contribution in [2.45, 2.75) is 44.6 Å². The molecule has 0 saturated heterocycles. The molecule has 0 atom stereocenters. The Morgan fingerprint density at radius 1 is 1.07 bits per heavy atom. The van der Waals surface area contributed by atoms with E-state index in [1.54, 1.807) is 36.4 Å². The second kappa shape index (κ2) is 10.9. The number of nitriles is 1. The van der Waals surface area contributed by atoms with Crippen molar-refractivity contribution in [2.24, 2.45) is 0 Å². The summed E-state index contributed by atoms with van der Waals surface area (Å²) in [6.45, 7) is 0.223. The molecule has 7 nitrogen and oxygen atoms in total. The minimum absolute atomic E-state index is 0.187. The van der Waals surface area contributed by atoms with Crippen LogP contribution in [-0.4, -0.2) is 24.7 Å². The van der Waals surface area contributed by atoms with Crippen LogP contribution in [0.1, 0.15) is 38.5 Å². The van der Waals surface area contributed by atoms with Gasteiger partial charge < -0.3 is 15.4 Å². The predicted octanol–water partition coefficient (Wildman–Crippen LogP) is 5.06. The van der Waals surface area contributed by atoms with Crippen molar-refractivity contribution < 1.29 is 14.3 Å². The van der Waals surface area contributed by atoms with Gasteiger partial charge in [-0.25, -0.2) is 9.59 Å². The first-order valence-electron chi connectivity index (χ1n) is 10.2. The summed E-state index contributed by atoms with van der Waals surface area (Å²) in [7, 11) is 0. The molecule has 7 heteroatoms. The minimum atomic E-state index is -0.583. The molecule has 1 aliphatic carbocycles. The SMILES string of the molecule is N#CCCN(C(=O)Oc1cccc(NC(=O)NC2CCCCC2)c1)c1ccccc1. The Morgan fingerprint density at radius 2 is 1.83 bits per heavy atom. The van der Waals surface area contributed by atoms with Crippen molar-refractivity contribution >= 4 is 23.5 Å². The minimum Gasteiger partial charge on any atom is -0.410 e. The summed E-state index contributed by atoms with van der Waals surface area (Å²) in [6, 6.07) is 17.7. The Labute approximate surface area is 176 Å². The number of ether oxygens (including phenoxy) is 1. The molecule has 3 rings (SSSR count). The highest BCUT2D eigenvalue weighted by atomic mass is 16.6. The first-order valence-corrected chi connectivity index (χ1v) is 10.2. The fourth-order valence-electron chi connectivity index (χ4n) is 3.49. The third kappa shape index (κ3) is 6.24. The lowest BCUT2D eigenvalue weighted by atomic mass is 9.96. The van der Waals surface area contributed by atoms with Crippen LogP contribution in [0.25, 0.3) is 0 Å². The summed E-state index contributed by atoms with van der Waals surface area (Å²) < 4.78 is 5.51. The van der Waals surface area contributed by atoms with E-state index >= 15 is 0 Å². The van der Waals surface area contributed by atoms with Gasteiger partial charge in [0.1, 0.15) is 5.75 Å². The molecule has 156 valence electrons. The van der Waals surface area contributed by atoms with Crippen LogP contribution in [0.4, 0.5) is 21.0 Å². The lowest BCUT2D eigenvalue weighted by molar-refractivity contribution is 0.207. The molecule has 2 aromatic carbocycles. The van der Waals surface area contributed by atoms with Gasteiger partial charge in [0.15, 0.2) is 0 Å². The highest BCUT2D eigenvalue weighted by molar-refractivity contribution is 5.91. The second-order valence-corrected chi connectivity index (χ2v) is 7.22. The summed E-state index contributed by atoms with van der Waals surface area (Å²) >= 11 is 0. The van der Waals surface area contributed by atoms with Crippen molar-refractivity contribution in [2.75, 3.05) is 16.8 Å². The Hall–Kier alpha value is -3.53. The van der Waals surface area contributed by atoms with Crippen LogP contribution in [-0.2, 0) is 0 Å². The summed E-state index contributed by atoms with van der Waals surface area (Å²) in [6.07, 6.45) is 5.11. The van der Waals surface area contributed by atoms with Crippen molar-refractivity contribution in [3.8, 4) is 11.8 Å². The fourth-order valence-corrected chi connectivity index (χ4v) is 3.49. The first-order chi connectivity index (χ1) is 14.7. The normalized spacial score (nSPS) is 13.7. The van der Waals surface area contributed by atoms with Crippen LogP contribution < -0.4 is 20.3 Å². The van der Waals surface area contributed by atoms with Crippen molar-refractivity contribution in [1.29, 1.82) is 5.26 Å². The number of hydrogen-bond acceptors (Lipinski definition) is 4. The van der Waals surface area contributed by atoms with E-state index < -0.39 is 6.09 Å². The van der Waals surface area contributed by atoms with Crippen LogP contribution in [0.2, 0.25) is 0 Å². The molecule has 0 aromatic heterocycles. The van der Waals surface area contributed by atoms with E-state index in [9.17, 15) is 9.59 Å². The number of anilines is 2. The summed E-state index contributed by atoms with van der Waals surface area (Å²) in [5.41, 5.74) is 1.19. The fraction of sp³-hybridized carbons (Fsp3) is 0.348. The Morgan fingerprint density at radius 3 is 2.57 bits per heavy atom. The van der Waals surface area contributed by atoms with E-state index in [1.165, 1.54) is 11.3 Å². The lowest BCUT2D eigenvalue weighted by Crippen LogP contribution is -2.39. The zero-order valence-corrected chi connectivity index (χ0v) is 16.8. The number of urea groups is 1. The van der Waals surface area contributed by atoms with E-state index in [0.717, 1.165) is 25.7 Å². The largest absolute Gasteiger partial charge is 0.419 e. The maximum absolute atomic E-state index is 12.7. The van der Waals surface area contributed by atoms with E-state index in [0.29, 0.717) is 17.1 Å². The molecule has 1 saturated carbocycles. The van der Waals surface area contributed by atoms with Gasteiger partial charge in [0.25, 0.3) is 0 Å². The molecular formula is C23H26N4O3. The van der Waals surface area contributed by atoms with Crippen molar-refractivity contribution in [3.63, 3.8) is 0 Å². The number of rotatable bonds is 6. The van der Waals surface area contributed by atoms with Crippen LogP contribution in [0.5, 0.6) is 5.75 Å². The van der Waals surface area contributed by atoms with Crippen molar-refractivity contribution in [3.05, 3.63) is 54.6 Å². The van der Waals surface area contributed by atoms with Gasteiger partial charge in [0.2, 0.25) is 0 Å². The molecular weight excluding hydrogens is 380 g/mol. The van der Waals surface area contributed by atoms with Gasteiger partial charge in [-0.15, -0.1) is 0 Å². The molecule has 30 heavy (non-hydrogen) atoms. The van der Waals surface area contributed by atoms with Gasteiger partial charge in [-0.2, -0.15) is 5.26 Å². The molecule has 2 aromatic rings.